The third kappa shape index (κ3) is 3.97. The summed E-state index contributed by atoms with van der Waals surface area (Å²) < 4.78 is 10.9. The van der Waals surface area contributed by atoms with Crippen molar-refractivity contribution in [3.8, 4) is 11.5 Å². The van der Waals surface area contributed by atoms with E-state index in [1.165, 1.54) is 7.11 Å². The Hall–Kier alpha value is -2.99. The predicted octanol–water partition coefficient (Wildman–Crippen LogP) is 4.11. The van der Waals surface area contributed by atoms with Crippen LogP contribution in [0.1, 0.15) is 28.9 Å². The molecule has 2 atom stereocenters. The fraction of sp³-hybridized carbons (Fsp3) is 0.238. The molecule has 0 unspecified atom stereocenters. The maximum Gasteiger partial charge on any atom is 0.319 e. The molecule has 6 nitrogen and oxygen atoms in total. The van der Waals surface area contributed by atoms with Crippen molar-refractivity contribution in [3.63, 3.8) is 0 Å². The Morgan fingerprint density at radius 1 is 1.18 bits per heavy atom. The Bertz CT molecular complexity index is 911. The molecule has 2 amide bonds. The number of Topliss-reactive ketones (excluding diaryl/α,β-unsaturated/α-hetero) is 1. The fourth-order valence-electron chi connectivity index (χ4n) is 3.22. The minimum absolute atomic E-state index is 0.174. The summed E-state index contributed by atoms with van der Waals surface area (Å²) >= 11 is 5.92. The van der Waals surface area contributed by atoms with Crippen LogP contribution in [0, 0.1) is 5.92 Å². The van der Waals surface area contributed by atoms with E-state index in [0.29, 0.717) is 40.0 Å². The lowest BCUT2D eigenvalue weighted by Gasteiger charge is -2.34. The van der Waals surface area contributed by atoms with Gasteiger partial charge in [0.2, 0.25) is 0 Å². The highest BCUT2D eigenvalue weighted by Gasteiger charge is 2.38. The van der Waals surface area contributed by atoms with Gasteiger partial charge in [0.15, 0.2) is 17.3 Å². The highest BCUT2D eigenvalue weighted by Crippen LogP contribution is 2.36. The van der Waals surface area contributed by atoms with Crippen LogP contribution in [-0.2, 0) is 0 Å². The SMILES string of the molecule is C=C1NC(=O)N[C@H](c2ccc(OCC)c(OC)c2)[C@H]1C(=O)c1ccc(Cl)cc1. The molecular formula is C21H21ClN2O4. The molecule has 2 aromatic carbocycles. The molecule has 28 heavy (non-hydrogen) atoms. The Morgan fingerprint density at radius 3 is 2.54 bits per heavy atom. The molecule has 3 rings (SSSR count). The summed E-state index contributed by atoms with van der Waals surface area (Å²) in [5, 5.41) is 5.97. The topological polar surface area (TPSA) is 76.7 Å². The molecule has 0 saturated carbocycles. The monoisotopic (exact) mass is 400 g/mol. The summed E-state index contributed by atoms with van der Waals surface area (Å²) in [5.74, 6) is 0.248. The second-order valence-corrected chi connectivity index (χ2v) is 6.73. The van der Waals surface area contributed by atoms with E-state index in [2.05, 4.69) is 17.2 Å². The summed E-state index contributed by atoms with van der Waals surface area (Å²) in [6.45, 7) is 6.28. The van der Waals surface area contributed by atoms with Crippen LogP contribution in [0.15, 0.2) is 54.7 Å². The molecule has 0 aliphatic carbocycles. The minimum Gasteiger partial charge on any atom is -0.493 e. The van der Waals surface area contributed by atoms with E-state index >= 15 is 0 Å². The number of rotatable bonds is 6. The van der Waals surface area contributed by atoms with Crippen LogP contribution in [0.2, 0.25) is 5.02 Å². The van der Waals surface area contributed by atoms with Crippen LogP contribution in [-0.4, -0.2) is 25.5 Å². The van der Waals surface area contributed by atoms with Crippen molar-refractivity contribution in [1.29, 1.82) is 0 Å². The largest absolute Gasteiger partial charge is 0.493 e. The van der Waals surface area contributed by atoms with E-state index in [4.69, 9.17) is 21.1 Å². The van der Waals surface area contributed by atoms with Gasteiger partial charge >= 0.3 is 6.03 Å². The Morgan fingerprint density at radius 2 is 1.89 bits per heavy atom. The highest BCUT2D eigenvalue weighted by molar-refractivity contribution is 6.30. The molecule has 1 fully saturated rings. The summed E-state index contributed by atoms with van der Waals surface area (Å²) in [7, 11) is 1.54. The summed E-state index contributed by atoms with van der Waals surface area (Å²) in [5.41, 5.74) is 1.53. The lowest BCUT2D eigenvalue weighted by molar-refractivity contribution is 0.0905. The zero-order valence-corrected chi connectivity index (χ0v) is 16.4. The third-order valence-corrected chi connectivity index (χ3v) is 4.78. The van der Waals surface area contributed by atoms with E-state index in [9.17, 15) is 9.59 Å². The van der Waals surface area contributed by atoms with Crippen molar-refractivity contribution < 1.29 is 19.1 Å². The maximum absolute atomic E-state index is 13.2. The second-order valence-electron chi connectivity index (χ2n) is 6.29. The zero-order chi connectivity index (χ0) is 20.3. The Labute approximate surface area is 168 Å². The number of benzene rings is 2. The highest BCUT2D eigenvalue weighted by atomic mass is 35.5. The number of hydrogen-bond acceptors (Lipinski definition) is 4. The average molecular weight is 401 g/mol. The van der Waals surface area contributed by atoms with Crippen molar-refractivity contribution in [2.24, 2.45) is 5.92 Å². The number of ketones is 1. The molecule has 2 aromatic rings. The number of carbonyl (C=O) groups is 2. The van der Waals surface area contributed by atoms with Crippen LogP contribution in [0.3, 0.4) is 0 Å². The van der Waals surface area contributed by atoms with Crippen molar-refractivity contribution in [3.05, 3.63) is 70.9 Å². The molecule has 1 heterocycles. The number of ether oxygens (including phenoxy) is 2. The first kappa shape index (κ1) is 19.8. The van der Waals surface area contributed by atoms with Gasteiger partial charge < -0.3 is 20.1 Å². The van der Waals surface area contributed by atoms with E-state index < -0.39 is 18.0 Å². The smallest absolute Gasteiger partial charge is 0.319 e. The molecule has 0 aromatic heterocycles. The Balaban J connectivity index is 2.00. The average Bonchev–Trinajstić information content (AvgIpc) is 2.68. The lowest BCUT2D eigenvalue weighted by Crippen LogP contribution is -2.50. The van der Waals surface area contributed by atoms with E-state index in [1.54, 1.807) is 42.5 Å². The van der Waals surface area contributed by atoms with Crippen LogP contribution >= 0.6 is 11.6 Å². The molecule has 146 valence electrons. The number of nitrogens with one attached hydrogen (secondary N) is 2. The van der Waals surface area contributed by atoms with E-state index in [0.717, 1.165) is 0 Å². The molecule has 2 N–H and O–H groups in total. The first-order chi connectivity index (χ1) is 13.4. The van der Waals surface area contributed by atoms with Crippen LogP contribution in [0.25, 0.3) is 0 Å². The van der Waals surface area contributed by atoms with Gasteiger partial charge in [0.1, 0.15) is 0 Å². The van der Waals surface area contributed by atoms with Gasteiger partial charge in [-0.3, -0.25) is 4.79 Å². The third-order valence-electron chi connectivity index (χ3n) is 4.53. The number of amides is 2. The number of methoxy groups -OCH3 is 1. The predicted molar refractivity (Wildman–Crippen MR) is 107 cm³/mol. The van der Waals surface area contributed by atoms with E-state index in [-0.39, 0.29) is 5.78 Å². The van der Waals surface area contributed by atoms with Crippen molar-refractivity contribution in [2.45, 2.75) is 13.0 Å². The number of urea groups is 1. The lowest BCUT2D eigenvalue weighted by atomic mass is 9.83. The summed E-state index contributed by atoms with van der Waals surface area (Å²) in [6, 6.07) is 10.9. The van der Waals surface area contributed by atoms with Crippen molar-refractivity contribution in [2.75, 3.05) is 13.7 Å². The number of hydrogen-bond donors (Lipinski definition) is 2. The molecule has 0 bridgehead atoms. The van der Waals surface area contributed by atoms with Gasteiger partial charge in [-0.15, -0.1) is 0 Å². The molecule has 7 heteroatoms. The second kappa shape index (κ2) is 8.35. The van der Waals surface area contributed by atoms with Gasteiger partial charge in [0, 0.05) is 16.3 Å². The van der Waals surface area contributed by atoms with Gasteiger partial charge in [-0.1, -0.05) is 24.2 Å². The number of carbonyl (C=O) groups excluding carboxylic acids is 2. The van der Waals surface area contributed by atoms with Gasteiger partial charge in [-0.25, -0.2) is 4.79 Å². The van der Waals surface area contributed by atoms with Crippen molar-refractivity contribution >= 4 is 23.4 Å². The van der Waals surface area contributed by atoms with Crippen LogP contribution in [0.4, 0.5) is 4.79 Å². The molecule has 1 aliphatic rings. The number of halogens is 1. The van der Waals surface area contributed by atoms with Crippen molar-refractivity contribution in [1.82, 2.24) is 10.6 Å². The zero-order valence-electron chi connectivity index (χ0n) is 15.6. The van der Waals surface area contributed by atoms with Gasteiger partial charge in [-0.2, -0.15) is 0 Å². The van der Waals surface area contributed by atoms with Crippen LogP contribution < -0.4 is 20.1 Å². The quantitative estimate of drug-likeness (QED) is 0.715. The molecule has 0 spiro atoms. The van der Waals surface area contributed by atoms with Gasteiger partial charge in [0.05, 0.1) is 25.7 Å². The maximum atomic E-state index is 13.2. The summed E-state index contributed by atoms with van der Waals surface area (Å²) in [6.07, 6.45) is 0. The van der Waals surface area contributed by atoms with Crippen LogP contribution in [0.5, 0.6) is 11.5 Å². The minimum atomic E-state index is -0.693. The summed E-state index contributed by atoms with van der Waals surface area (Å²) in [4.78, 5) is 25.2. The first-order valence-electron chi connectivity index (χ1n) is 8.81. The van der Waals surface area contributed by atoms with Gasteiger partial charge in [0.25, 0.3) is 0 Å². The molecule has 0 radical (unpaired) electrons. The van der Waals surface area contributed by atoms with Gasteiger partial charge in [-0.05, 0) is 48.9 Å². The normalized spacial score (nSPS) is 18.8. The molecular weight excluding hydrogens is 380 g/mol. The Kier molecular flexibility index (Phi) is 5.90. The fourth-order valence-corrected chi connectivity index (χ4v) is 3.34. The first-order valence-corrected chi connectivity index (χ1v) is 9.19. The molecule has 1 saturated heterocycles. The van der Waals surface area contributed by atoms with E-state index in [1.807, 2.05) is 6.92 Å². The standard InChI is InChI=1S/C21H21ClN2O4/c1-4-28-16-10-7-14(11-17(16)27-3)19-18(12(2)23-21(26)24-19)20(25)13-5-8-15(22)9-6-13/h5-11,18-19H,2,4H2,1,3H3,(H2,23,24,26)/t18-,19+/m0/s1. The molecule has 1 aliphatic heterocycles.